The Bertz CT molecular complexity index is 599. The maximum atomic E-state index is 11.3. The van der Waals surface area contributed by atoms with Gasteiger partial charge >= 0.3 is 0 Å². The Hall–Kier alpha value is -2.09. The van der Waals surface area contributed by atoms with E-state index in [1.807, 2.05) is 6.07 Å². The van der Waals surface area contributed by atoms with Crippen LogP contribution in [0.4, 0.5) is 5.69 Å². The first kappa shape index (κ1) is 11.0. The Labute approximate surface area is 107 Å². The van der Waals surface area contributed by atoms with E-state index in [4.69, 9.17) is 0 Å². The van der Waals surface area contributed by atoms with Gasteiger partial charge in [0.1, 0.15) is 0 Å². The largest absolute Gasteiger partial charge is 0.326 e. The van der Waals surface area contributed by atoms with Gasteiger partial charge in [-0.05, 0) is 42.2 Å². The summed E-state index contributed by atoms with van der Waals surface area (Å²) >= 11 is 0. The van der Waals surface area contributed by atoms with Crippen LogP contribution >= 0.6 is 0 Å². The van der Waals surface area contributed by atoms with Crippen LogP contribution in [0.15, 0.2) is 42.5 Å². The Morgan fingerprint density at radius 2 is 1.67 bits per heavy atom. The minimum Gasteiger partial charge on any atom is -0.326 e. The molecule has 0 aromatic heterocycles. The first-order valence-electron chi connectivity index (χ1n) is 6.22. The van der Waals surface area contributed by atoms with Crippen LogP contribution < -0.4 is 5.32 Å². The number of rotatable bonds is 1. The molecule has 1 heterocycles. The smallest absolute Gasteiger partial charge is 0.224 e. The third-order valence-corrected chi connectivity index (χ3v) is 3.39. The number of amides is 1. The summed E-state index contributed by atoms with van der Waals surface area (Å²) in [5.74, 6) is 0.116. The first-order valence-corrected chi connectivity index (χ1v) is 6.22. The number of nitrogens with one attached hydrogen (secondary N) is 1. The molecule has 2 heteroatoms. The number of benzene rings is 2. The number of hydrogen-bond acceptors (Lipinski definition) is 1. The normalized spacial score (nSPS) is 13.9. The summed E-state index contributed by atoms with van der Waals surface area (Å²) in [6, 6.07) is 14.8. The third kappa shape index (κ3) is 2.02. The maximum absolute atomic E-state index is 11.3. The lowest BCUT2D eigenvalue weighted by Gasteiger charge is -2.17. The molecule has 1 amide bonds. The van der Waals surface area contributed by atoms with Crippen molar-refractivity contribution in [3.8, 4) is 11.1 Å². The van der Waals surface area contributed by atoms with Crippen molar-refractivity contribution in [2.75, 3.05) is 5.32 Å². The molecule has 0 aliphatic carbocycles. The summed E-state index contributed by atoms with van der Waals surface area (Å²) in [5, 5.41) is 2.91. The second-order valence-corrected chi connectivity index (χ2v) is 4.79. The fourth-order valence-electron chi connectivity index (χ4n) is 2.31. The van der Waals surface area contributed by atoms with E-state index < -0.39 is 0 Å². The highest BCUT2D eigenvalue weighted by atomic mass is 16.1. The van der Waals surface area contributed by atoms with Crippen molar-refractivity contribution in [3.63, 3.8) is 0 Å². The van der Waals surface area contributed by atoms with Gasteiger partial charge in [-0.15, -0.1) is 0 Å². The lowest BCUT2D eigenvalue weighted by atomic mass is 9.97. The van der Waals surface area contributed by atoms with Crippen LogP contribution in [0, 0.1) is 6.92 Å². The fourth-order valence-corrected chi connectivity index (χ4v) is 2.31. The number of fused-ring (bicyclic) bond motifs is 1. The minimum atomic E-state index is 0.116. The molecule has 2 nitrogen and oxygen atoms in total. The molecule has 1 aliphatic rings. The molecular weight excluding hydrogens is 222 g/mol. The number of anilines is 1. The van der Waals surface area contributed by atoms with Crippen LogP contribution in [0.5, 0.6) is 0 Å². The van der Waals surface area contributed by atoms with Crippen LogP contribution in [0.1, 0.15) is 17.5 Å². The summed E-state index contributed by atoms with van der Waals surface area (Å²) in [6.07, 6.45) is 1.42. The van der Waals surface area contributed by atoms with Crippen molar-refractivity contribution in [2.24, 2.45) is 0 Å². The molecule has 1 N–H and O–H groups in total. The van der Waals surface area contributed by atoms with Crippen molar-refractivity contribution in [1.82, 2.24) is 0 Å². The van der Waals surface area contributed by atoms with E-state index in [0.29, 0.717) is 6.42 Å². The topological polar surface area (TPSA) is 29.1 Å². The van der Waals surface area contributed by atoms with Gasteiger partial charge in [-0.1, -0.05) is 35.9 Å². The molecule has 1 aliphatic heterocycles. The molecule has 2 aromatic rings. The van der Waals surface area contributed by atoms with Crippen molar-refractivity contribution in [1.29, 1.82) is 0 Å². The summed E-state index contributed by atoms with van der Waals surface area (Å²) in [4.78, 5) is 11.3. The Kier molecular flexibility index (Phi) is 2.63. The summed E-state index contributed by atoms with van der Waals surface area (Å²) in [7, 11) is 0. The summed E-state index contributed by atoms with van der Waals surface area (Å²) in [5.41, 5.74) is 5.89. The zero-order valence-corrected chi connectivity index (χ0v) is 10.4. The van der Waals surface area contributed by atoms with E-state index in [2.05, 4.69) is 48.6 Å². The van der Waals surface area contributed by atoms with Gasteiger partial charge in [0, 0.05) is 12.1 Å². The van der Waals surface area contributed by atoms with Gasteiger partial charge in [0.15, 0.2) is 0 Å². The molecule has 0 fully saturated rings. The lowest BCUT2D eigenvalue weighted by Crippen LogP contribution is -2.18. The predicted molar refractivity (Wildman–Crippen MR) is 73.6 cm³/mol. The Balaban J connectivity index is 1.99. The minimum absolute atomic E-state index is 0.116. The van der Waals surface area contributed by atoms with E-state index in [-0.39, 0.29) is 5.91 Å². The zero-order chi connectivity index (χ0) is 12.5. The van der Waals surface area contributed by atoms with Crippen LogP contribution in [0.3, 0.4) is 0 Å². The third-order valence-electron chi connectivity index (χ3n) is 3.39. The highest BCUT2D eigenvalue weighted by Gasteiger charge is 2.14. The zero-order valence-electron chi connectivity index (χ0n) is 10.4. The van der Waals surface area contributed by atoms with Crippen LogP contribution in [-0.4, -0.2) is 5.91 Å². The highest BCUT2D eigenvalue weighted by molar-refractivity contribution is 5.94. The van der Waals surface area contributed by atoms with Gasteiger partial charge in [-0.2, -0.15) is 0 Å². The monoisotopic (exact) mass is 237 g/mol. The molecule has 2 aromatic carbocycles. The van der Waals surface area contributed by atoms with Crippen molar-refractivity contribution < 1.29 is 4.79 Å². The Morgan fingerprint density at radius 3 is 2.44 bits per heavy atom. The van der Waals surface area contributed by atoms with Gasteiger partial charge in [0.25, 0.3) is 0 Å². The van der Waals surface area contributed by atoms with E-state index in [1.54, 1.807) is 0 Å². The maximum Gasteiger partial charge on any atom is 0.224 e. The van der Waals surface area contributed by atoms with E-state index >= 15 is 0 Å². The summed E-state index contributed by atoms with van der Waals surface area (Å²) < 4.78 is 0. The molecule has 90 valence electrons. The standard InChI is InChI=1S/C16H15NO/c1-11-2-4-12(5-3-11)13-6-8-15-14(10-13)7-9-16(18)17-15/h2-6,8,10H,7,9H2,1H3,(H,17,18). The molecule has 18 heavy (non-hydrogen) atoms. The number of carbonyl (C=O) groups excluding carboxylic acids is 1. The van der Waals surface area contributed by atoms with Crippen molar-refractivity contribution in [2.45, 2.75) is 19.8 Å². The van der Waals surface area contributed by atoms with Crippen molar-refractivity contribution >= 4 is 11.6 Å². The second-order valence-electron chi connectivity index (χ2n) is 4.79. The SMILES string of the molecule is Cc1ccc(-c2ccc3c(c2)CCC(=O)N3)cc1. The van der Waals surface area contributed by atoms with Gasteiger partial charge in [-0.3, -0.25) is 4.79 Å². The molecule has 0 radical (unpaired) electrons. The van der Waals surface area contributed by atoms with Crippen LogP contribution in [-0.2, 0) is 11.2 Å². The fraction of sp³-hybridized carbons (Fsp3) is 0.188. The Morgan fingerprint density at radius 1 is 0.944 bits per heavy atom. The molecule has 3 rings (SSSR count). The van der Waals surface area contributed by atoms with Crippen LogP contribution in [0.2, 0.25) is 0 Å². The molecular formula is C16H15NO. The average Bonchev–Trinajstić information content (AvgIpc) is 2.39. The number of hydrogen-bond donors (Lipinski definition) is 1. The van der Waals surface area contributed by atoms with Gasteiger partial charge < -0.3 is 5.32 Å². The second kappa shape index (κ2) is 4.30. The van der Waals surface area contributed by atoms with E-state index in [9.17, 15) is 4.79 Å². The first-order chi connectivity index (χ1) is 8.72. The molecule has 0 saturated heterocycles. The molecule has 0 spiro atoms. The average molecular weight is 237 g/mol. The van der Waals surface area contributed by atoms with E-state index in [1.165, 1.54) is 22.3 Å². The lowest BCUT2D eigenvalue weighted by molar-refractivity contribution is -0.116. The van der Waals surface area contributed by atoms with Crippen LogP contribution in [0.25, 0.3) is 11.1 Å². The van der Waals surface area contributed by atoms with Gasteiger partial charge in [0.05, 0.1) is 0 Å². The quantitative estimate of drug-likeness (QED) is 0.807. The van der Waals surface area contributed by atoms with E-state index in [0.717, 1.165) is 12.1 Å². The molecule has 0 saturated carbocycles. The molecule has 0 atom stereocenters. The number of carbonyl (C=O) groups is 1. The van der Waals surface area contributed by atoms with Gasteiger partial charge in [-0.25, -0.2) is 0 Å². The number of aryl methyl sites for hydroxylation is 2. The van der Waals surface area contributed by atoms with Gasteiger partial charge in [0.2, 0.25) is 5.91 Å². The molecule has 0 bridgehead atoms. The van der Waals surface area contributed by atoms with Crippen molar-refractivity contribution in [3.05, 3.63) is 53.6 Å². The highest BCUT2D eigenvalue weighted by Crippen LogP contribution is 2.28. The summed E-state index contributed by atoms with van der Waals surface area (Å²) in [6.45, 7) is 2.09. The predicted octanol–water partition coefficient (Wildman–Crippen LogP) is 3.55. The molecule has 0 unspecified atom stereocenters.